The summed E-state index contributed by atoms with van der Waals surface area (Å²) in [5, 5.41) is 11.8. The first-order valence-corrected chi connectivity index (χ1v) is 4.24. The molecule has 0 rings (SSSR count). The summed E-state index contributed by atoms with van der Waals surface area (Å²) in [5.74, 6) is -0.533. The number of carbonyl (C=O) groups is 1. The molecule has 0 bridgehead atoms. The molecule has 12 heavy (non-hydrogen) atoms. The Hall–Kier alpha value is -0.990. The smallest absolute Gasteiger partial charge is 0.286 e. The van der Waals surface area contributed by atoms with E-state index in [2.05, 4.69) is 5.32 Å². The summed E-state index contributed by atoms with van der Waals surface area (Å²) >= 11 is 0. The molecule has 0 aromatic heterocycles. The number of nitrogens with one attached hydrogen (secondary N) is 1. The Bertz CT molecular complexity index is 181. The molecule has 0 atom stereocenters. The van der Waals surface area contributed by atoms with Gasteiger partial charge in [0.15, 0.2) is 5.76 Å². The van der Waals surface area contributed by atoms with Crippen molar-refractivity contribution < 1.29 is 9.90 Å². The van der Waals surface area contributed by atoms with Gasteiger partial charge >= 0.3 is 0 Å². The van der Waals surface area contributed by atoms with Gasteiger partial charge in [-0.25, -0.2) is 0 Å². The average Bonchev–Trinajstić information content (AvgIpc) is 2.03. The van der Waals surface area contributed by atoms with E-state index in [1.54, 1.807) is 13.8 Å². The molecule has 3 heteroatoms. The highest BCUT2D eigenvalue weighted by Gasteiger charge is 2.06. The van der Waals surface area contributed by atoms with E-state index in [1.165, 1.54) is 0 Å². The van der Waals surface area contributed by atoms with Crippen molar-refractivity contribution >= 4 is 5.91 Å². The molecule has 0 aromatic carbocycles. The highest BCUT2D eigenvalue weighted by molar-refractivity contribution is 5.91. The van der Waals surface area contributed by atoms with E-state index in [0.717, 1.165) is 12.8 Å². The SMILES string of the molecule is CCCCNC(=O)C(O)=C(C)C. The summed E-state index contributed by atoms with van der Waals surface area (Å²) in [7, 11) is 0. The van der Waals surface area contributed by atoms with Gasteiger partial charge in [-0.2, -0.15) is 0 Å². The maximum absolute atomic E-state index is 11.0. The van der Waals surface area contributed by atoms with E-state index in [1.807, 2.05) is 6.92 Å². The van der Waals surface area contributed by atoms with E-state index in [4.69, 9.17) is 5.11 Å². The maximum Gasteiger partial charge on any atom is 0.286 e. The van der Waals surface area contributed by atoms with Gasteiger partial charge in [-0.3, -0.25) is 4.79 Å². The summed E-state index contributed by atoms with van der Waals surface area (Å²) < 4.78 is 0. The van der Waals surface area contributed by atoms with E-state index in [-0.39, 0.29) is 11.7 Å². The van der Waals surface area contributed by atoms with Crippen LogP contribution in [0.3, 0.4) is 0 Å². The lowest BCUT2D eigenvalue weighted by Gasteiger charge is -2.03. The fourth-order valence-electron chi connectivity index (χ4n) is 0.689. The molecule has 0 unspecified atom stereocenters. The lowest BCUT2D eigenvalue weighted by Crippen LogP contribution is -2.26. The molecule has 0 aliphatic rings. The van der Waals surface area contributed by atoms with Crippen molar-refractivity contribution in [2.75, 3.05) is 6.54 Å². The van der Waals surface area contributed by atoms with E-state index in [9.17, 15) is 4.79 Å². The van der Waals surface area contributed by atoms with Crippen molar-refractivity contribution in [1.29, 1.82) is 0 Å². The average molecular weight is 171 g/mol. The van der Waals surface area contributed by atoms with E-state index >= 15 is 0 Å². The molecule has 70 valence electrons. The topological polar surface area (TPSA) is 49.3 Å². The Morgan fingerprint density at radius 1 is 1.42 bits per heavy atom. The minimum Gasteiger partial charge on any atom is -0.503 e. The molecule has 0 aromatic rings. The normalized spacial score (nSPS) is 9.25. The molecule has 0 fully saturated rings. The molecule has 1 amide bonds. The van der Waals surface area contributed by atoms with Crippen LogP contribution in [0.15, 0.2) is 11.3 Å². The minimum atomic E-state index is -0.372. The van der Waals surface area contributed by atoms with Crippen molar-refractivity contribution in [3.63, 3.8) is 0 Å². The first-order chi connectivity index (χ1) is 5.59. The quantitative estimate of drug-likeness (QED) is 0.384. The third-order valence-corrected chi connectivity index (χ3v) is 1.50. The predicted octanol–water partition coefficient (Wildman–Crippen LogP) is 1.75. The standard InChI is InChI=1S/C9H17NO2/c1-4-5-6-10-9(12)8(11)7(2)3/h11H,4-6H2,1-3H3,(H,10,12). The zero-order valence-corrected chi connectivity index (χ0v) is 7.98. The van der Waals surface area contributed by atoms with Crippen LogP contribution < -0.4 is 5.32 Å². The first kappa shape index (κ1) is 11.0. The number of hydrogen-bond acceptors (Lipinski definition) is 2. The number of allylic oxidation sites excluding steroid dienone is 1. The molecule has 0 spiro atoms. The van der Waals surface area contributed by atoms with Crippen molar-refractivity contribution in [3.8, 4) is 0 Å². The van der Waals surface area contributed by atoms with Gasteiger partial charge in [0.25, 0.3) is 5.91 Å². The number of aliphatic hydroxyl groups excluding tert-OH is 1. The van der Waals surface area contributed by atoms with Gasteiger partial charge in [0.05, 0.1) is 0 Å². The van der Waals surface area contributed by atoms with Gasteiger partial charge in [0, 0.05) is 6.54 Å². The van der Waals surface area contributed by atoms with Gasteiger partial charge in [-0.1, -0.05) is 13.3 Å². The Morgan fingerprint density at radius 3 is 2.42 bits per heavy atom. The van der Waals surface area contributed by atoms with Gasteiger partial charge in [0.1, 0.15) is 0 Å². The van der Waals surface area contributed by atoms with Crippen molar-refractivity contribution in [2.45, 2.75) is 33.6 Å². The number of aliphatic hydroxyl groups is 1. The summed E-state index contributed by atoms with van der Waals surface area (Å²) in [6.45, 7) is 6.09. The van der Waals surface area contributed by atoms with Crippen LogP contribution in [0.2, 0.25) is 0 Å². The van der Waals surface area contributed by atoms with Crippen LogP contribution >= 0.6 is 0 Å². The highest BCUT2D eigenvalue weighted by atomic mass is 16.3. The first-order valence-electron chi connectivity index (χ1n) is 4.24. The third kappa shape index (κ3) is 4.01. The van der Waals surface area contributed by atoms with Crippen molar-refractivity contribution in [2.24, 2.45) is 0 Å². The van der Waals surface area contributed by atoms with E-state index < -0.39 is 0 Å². The summed E-state index contributed by atoms with van der Waals surface area (Å²) in [6.07, 6.45) is 1.98. The summed E-state index contributed by atoms with van der Waals surface area (Å²) in [6, 6.07) is 0. The number of hydrogen-bond donors (Lipinski definition) is 2. The Kier molecular flexibility index (Phi) is 5.17. The third-order valence-electron chi connectivity index (χ3n) is 1.50. The molecule has 2 N–H and O–H groups in total. The molecule has 0 saturated heterocycles. The molecule has 3 nitrogen and oxygen atoms in total. The molecular formula is C9H17NO2. The van der Waals surface area contributed by atoms with Crippen LogP contribution in [-0.4, -0.2) is 17.6 Å². The van der Waals surface area contributed by atoms with Crippen molar-refractivity contribution in [3.05, 3.63) is 11.3 Å². The van der Waals surface area contributed by atoms with E-state index in [0.29, 0.717) is 12.1 Å². The monoisotopic (exact) mass is 171 g/mol. The lowest BCUT2D eigenvalue weighted by molar-refractivity contribution is -0.120. The van der Waals surface area contributed by atoms with Crippen LogP contribution in [0.5, 0.6) is 0 Å². The van der Waals surface area contributed by atoms with Gasteiger partial charge in [0.2, 0.25) is 0 Å². The van der Waals surface area contributed by atoms with Crippen LogP contribution in [0.25, 0.3) is 0 Å². The number of amides is 1. The fraction of sp³-hybridized carbons (Fsp3) is 0.667. The zero-order valence-electron chi connectivity index (χ0n) is 7.98. The van der Waals surface area contributed by atoms with Gasteiger partial charge < -0.3 is 10.4 Å². The Morgan fingerprint density at radius 2 is 2.00 bits per heavy atom. The Labute approximate surface area is 73.5 Å². The largest absolute Gasteiger partial charge is 0.503 e. The molecule has 0 heterocycles. The second kappa shape index (κ2) is 5.63. The molecular weight excluding hydrogens is 154 g/mol. The molecule has 0 saturated carbocycles. The number of rotatable bonds is 4. The lowest BCUT2D eigenvalue weighted by atomic mass is 10.2. The second-order valence-electron chi connectivity index (χ2n) is 2.96. The van der Waals surface area contributed by atoms with Gasteiger partial charge in [-0.05, 0) is 25.8 Å². The fourth-order valence-corrected chi connectivity index (χ4v) is 0.689. The number of unbranched alkanes of at least 4 members (excludes halogenated alkanes) is 1. The van der Waals surface area contributed by atoms with Crippen LogP contribution in [0, 0.1) is 0 Å². The molecule has 0 radical (unpaired) electrons. The van der Waals surface area contributed by atoms with Crippen LogP contribution in [-0.2, 0) is 4.79 Å². The van der Waals surface area contributed by atoms with Gasteiger partial charge in [-0.15, -0.1) is 0 Å². The summed E-state index contributed by atoms with van der Waals surface area (Å²) in [5.41, 5.74) is 0.643. The highest BCUT2D eigenvalue weighted by Crippen LogP contribution is 1.98. The predicted molar refractivity (Wildman–Crippen MR) is 48.9 cm³/mol. The van der Waals surface area contributed by atoms with Crippen LogP contribution in [0.1, 0.15) is 33.6 Å². The van der Waals surface area contributed by atoms with Crippen molar-refractivity contribution in [1.82, 2.24) is 5.32 Å². The minimum absolute atomic E-state index is 0.161. The Balaban J connectivity index is 3.81. The molecule has 0 aliphatic heterocycles. The second-order valence-corrected chi connectivity index (χ2v) is 2.96. The molecule has 0 aliphatic carbocycles. The van der Waals surface area contributed by atoms with Crippen LogP contribution in [0.4, 0.5) is 0 Å². The maximum atomic E-state index is 11.0. The summed E-state index contributed by atoms with van der Waals surface area (Å²) in [4.78, 5) is 11.0. The zero-order chi connectivity index (χ0) is 9.56. The number of carbonyl (C=O) groups excluding carboxylic acids is 1.